The Hall–Kier alpha value is -3.13. The molecule has 2 aromatic carbocycles. The summed E-state index contributed by atoms with van der Waals surface area (Å²) in [6, 6.07) is 11.2. The lowest BCUT2D eigenvalue weighted by Crippen LogP contribution is -2.36. The van der Waals surface area contributed by atoms with Gasteiger partial charge in [-0.25, -0.2) is 4.98 Å². The predicted molar refractivity (Wildman–Crippen MR) is 113 cm³/mol. The molecule has 1 aromatic heterocycles. The molecule has 3 aromatic rings. The monoisotopic (exact) mass is 427 g/mol. The molecule has 1 saturated heterocycles. The lowest BCUT2D eigenvalue weighted by Gasteiger charge is -2.28. The molecule has 2 aliphatic rings. The van der Waals surface area contributed by atoms with Crippen molar-refractivity contribution in [2.45, 2.75) is 19.1 Å². The van der Waals surface area contributed by atoms with Crippen LogP contribution in [0.3, 0.4) is 0 Å². The molecule has 31 heavy (non-hydrogen) atoms. The fourth-order valence-corrected chi connectivity index (χ4v) is 4.13. The Morgan fingerprint density at radius 1 is 1.00 bits per heavy atom. The number of rotatable bonds is 2. The SMILES string of the molecule is O=c1c2ccc(C(F)(F)F)cc2nc2n1CC/C2=C\c1ccc(N2CCOCC2)cc1. The number of aromatic nitrogens is 2. The molecule has 0 saturated carbocycles. The summed E-state index contributed by atoms with van der Waals surface area (Å²) < 4.78 is 46.2. The lowest BCUT2D eigenvalue weighted by atomic mass is 10.1. The van der Waals surface area contributed by atoms with Crippen LogP contribution in [0, 0.1) is 0 Å². The number of anilines is 1. The number of halogens is 3. The molecule has 5 nitrogen and oxygen atoms in total. The molecule has 0 aliphatic carbocycles. The third kappa shape index (κ3) is 3.72. The molecule has 0 N–H and O–H groups in total. The van der Waals surface area contributed by atoms with Crippen molar-refractivity contribution in [3.05, 3.63) is 69.8 Å². The van der Waals surface area contributed by atoms with Gasteiger partial charge in [-0.1, -0.05) is 12.1 Å². The van der Waals surface area contributed by atoms with Gasteiger partial charge in [0.25, 0.3) is 5.56 Å². The van der Waals surface area contributed by atoms with E-state index in [4.69, 9.17) is 4.74 Å². The van der Waals surface area contributed by atoms with E-state index < -0.39 is 11.7 Å². The van der Waals surface area contributed by atoms with E-state index in [1.54, 1.807) is 4.57 Å². The van der Waals surface area contributed by atoms with Crippen LogP contribution in [0.1, 0.15) is 23.4 Å². The summed E-state index contributed by atoms with van der Waals surface area (Å²) in [5, 5.41) is 0.202. The van der Waals surface area contributed by atoms with E-state index in [1.165, 1.54) is 6.07 Å². The number of morpholine rings is 1. The second-order valence-electron chi connectivity index (χ2n) is 7.73. The first kappa shape index (κ1) is 19.8. The second-order valence-corrected chi connectivity index (χ2v) is 7.73. The molecular weight excluding hydrogens is 407 g/mol. The van der Waals surface area contributed by atoms with Crippen LogP contribution in [0.15, 0.2) is 47.3 Å². The van der Waals surface area contributed by atoms with Crippen LogP contribution >= 0.6 is 0 Å². The zero-order chi connectivity index (χ0) is 21.6. The summed E-state index contributed by atoms with van der Waals surface area (Å²) in [5.74, 6) is 0.439. The van der Waals surface area contributed by atoms with E-state index in [1.807, 2.05) is 30.3 Å². The zero-order valence-corrected chi connectivity index (χ0v) is 16.7. The van der Waals surface area contributed by atoms with Gasteiger partial charge in [0.2, 0.25) is 0 Å². The third-order valence-electron chi connectivity index (χ3n) is 5.78. The average Bonchev–Trinajstić information content (AvgIpc) is 3.17. The molecule has 1 fully saturated rings. The highest BCUT2D eigenvalue weighted by Gasteiger charge is 2.31. The van der Waals surface area contributed by atoms with Gasteiger partial charge in [-0.3, -0.25) is 9.36 Å². The van der Waals surface area contributed by atoms with Crippen molar-refractivity contribution >= 4 is 28.2 Å². The van der Waals surface area contributed by atoms with E-state index in [-0.39, 0.29) is 16.5 Å². The Kier molecular flexibility index (Phi) is 4.81. The van der Waals surface area contributed by atoms with Crippen molar-refractivity contribution < 1.29 is 17.9 Å². The number of allylic oxidation sites excluding steroid dienone is 1. The van der Waals surface area contributed by atoms with Crippen molar-refractivity contribution in [1.29, 1.82) is 0 Å². The lowest BCUT2D eigenvalue weighted by molar-refractivity contribution is -0.137. The number of nitrogens with zero attached hydrogens (tertiary/aromatic N) is 3. The van der Waals surface area contributed by atoms with E-state index >= 15 is 0 Å². The summed E-state index contributed by atoms with van der Waals surface area (Å²) in [6.45, 7) is 3.61. The van der Waals surface area contributed by atoms with Crippen LogP contribution in [0.2, 0.25) is 0 Å². The van der Waals surface area contributed by atoms with Crippen molar-refractivity contribution in [1.82, 2.24) is 9.55 Å². The van der Waals surface area contributed by atoms with Gasteiger partial charge in [-0.15, -0.1) is 0 Å². The molecule has 5 rings (SSSR count). The predicted octanol–water partition coefficient (Wildman–Crippen LogP) is 4.20. The molecular formula is C23H20F3N3O2. The highest BCUT2D eigenvalue weighted by atomic mass is 19.4. The van der Waals surface area contributed by atoms with E-state index in [0.717, 1.165) is 42.0 Å². The highest BCUT2D eigenvalue weighted by molar-refractivity contribution is 5.85. The number of ether oxygens (including phenoxy) is 1. The maximum atomic E-state index is 13.1. The zero-order valence-electron chi connectivity index (χ0n) is 16.7. The van der Waals surface area contributed by atoms with Gasteiger partial charge < -0.3 is 9.64 Å². The van der Waals surface area contributed by atoms with Crippen LogP contribution in [0.5, 0.6) is 0 Å². The fraction of sp³-hybridized carbons (Fsp3) is 0.304. The number of hydrogen-bond acceptors (Lipinski definition) is 4. The van der Waals surface area contributed by atoms with Crippen LogP contribution < -0.4 is 10.5 Å². The van der Waals surface area contributed by atoms with Crippen molar-refractivity contribution in [2.75, 3.05) is 31.2 Å². The molecule has 0 unspecified atom stereocenters. The Balaban J connectivity index is 1.50. The Bertz CT molecular complexity index is 1220. The van der Waals surface area contributed by atoms with Gasteiger partial charge in [-0.05, 0) is 54.0 Å². The van der Waals surface area contributed by atoms with Crippen LogP contribution in [0.25, 0.3) is 22.6 Å². The molecule has 3 heterocycles. The van der Waals surface area contributed by atoms with Crippen LogP contribution in [-0.2, 0) is 17.5 Å². The molecule has 0 amide bonds. The fourth-order valence-electron chi connectivity index (χ4n) is 4.13. The summed E-state index contributed by atoms with van der Waals surface area (Å²) in [7, 11) is 0. The minimum atomic E-state index is -4.48. The maximum absolute atomic E-state index is 13.1. The maximum Gasteiger partial charge on any atom is 0.416 e. The molecule has 0 radical (unpaired) electrons. The van der Waals surface area contributed by atoms with Gasteiger partial charge >= 0.3 is 6.18 Å². The Morgan fingerprint density at radius 2 is 1.74 bits per heavy atom. The van der Waals surface area contributed by atoms with Gasteiger partial charge in [0, 0.05) is 25.3 Å². The quantitative estimate of drug-likeness (QED) is 0.615. The van der Waals surface area contributed by atoms with E-state index in [0.29, 0.717) is 32.0 Å². The first-order valence-corrected chi connectivity index (χ1v) is 10.2. The molecule has 2 aliphatic heterocycles. The molecule has 160 valence electrons. The third-order valence-corrected chi connectivity index (χ3v) is 5.78. The van der Waals surface area contributed by atoms with Crippen molar-refractivity contribution in [3.63, 3.8) is 0 Å². The summed E-state index contributed by atoms with van der Waals surface area (Å²) in [5.41, 5.74) is 1.88. The average molecular weight is 427 g/mol. The number of alkyl halides is 3. The normalized spacial score (nSPS) is 18.0. The smallest absolute Gasteiger partial charge is 0.378 e. The topological polar surface area (TPSA) is 47.4 Å². The Morgan fingerprint density at radius 3 is 2.45 bits per heavy atom. The largest absolute Gasteiger partial charge is 0.416 e. The van der Waals surface area contributed by atoms with Crippen LogP contribution in [-0.4, -0.2) is 35.9 Å². The van der Waals surface area contributed by atoms with Gasteiger partial charge in [0.15, 0.2) is 0 Å². The number of hydrogen-bond donors (Lipinski definition) is 0. The first-order valence-electron chi connectivity index (χ1n) is 10.2. The van der Waals surface area contributed by atoms with E-state index in [2.05, 4.69) is 9.88 Å². The first-order chi connectivity index (χ1) is 14.9. The van der Waals surface area contributed by atoms with Gasteiger partial charge in [0.1, 0.15) is 5.82 Å². The molecule has 0 spiro atoms. The summed E-state index contributed by atoms with van der Waals surface area (Å²) in [6.07, 6.45) is -1.92. The summed E-state index contributed by atoms with van der Waals surface area (Å²) >= 11 is 0. The van der Waals surface area contributed by atoms with Crippen molar-refractivity contribution in [2.24, 2.45) is 0 Å². The summed E-state index contributed by atoms with van der Waals surface area (Å²) in [4.78, 5) is 19.5. The standard InChI is InChI=1S/C23H20F3N3O2/c24-23(25,26)17-3-6-19-20(14-17)27-21-16(7-8-29(21)22(19)30)13-15-1-4-18(5-2-15)28-9-11-31-12-10-28/h1-6,13-14H,7-12H2/b16-13+. The van der Waals surface area contributed by atoms with Crippen LogP contribution in [0.4, 0.5) is 18.9 Å². The minimum absolute atomic E-state index is 0.0709. The highest BCUT2D eigenvalue weighted by Crippen LogP contribution is 2.32. The molecule has 0 bridgehead atoms. The van der Waals surface area contributed by atoms with Crippen molar-refractivity contribution in [3.8, 4) is 0 Å². The Labute approximate surface area is 176 Å². The van der Waals surface area contributed by atoms with E-state index in [9.17, 15) is 18.0 Å². The number of benzene rings is 2. The minimum Gasteiger partial charge on any atom is -0.378 e. The molecule has 8 heteroatoms. The second kappa shape index (κ2) is 7.53. The molecule has 0 atom stereocenters. The van der Waals surface area contributed by atoms with Gasteiger partial charge in [0.05, 0.1) is 29.7 Å². The number of fused-ring (bicyclic) bond motifs is 2. The van der Waals surface area contributed by atoms with Gasteiger partial charge in [-0.2, -0.15) is 13.2 Å².